The predicted octanol–water partition coefficient (Wildman–Crippen LogP) is 4.08. The Morgan fingerprint density at radius 1 is 0.793 bits per heavy atom. The van der Waals surface area contributed by atoms with Crippen molar-refractivity contribution in [2.75, 3.05) is 11.4 Å². The van der Waals surface area contributed by atoms with Crippen LogP contribution in [0.2, 0.25) is 5.02 Å². The van der Waals surface area contributed by atoms with Gasteiger partial charge in [0.2, 0.25) is 15.9 Å². The summed E-state index contributed by atoms with van der Waals surface area (Å²) in [5, 5.41) is 0.605. The third-order valence-electron chi connectivity index (χ3n) is 4.84. The number of anilines is 1. The Balaban J connectivity index is 1.74. The highest BCUT2D eigenvalue weighted by molar-refractivity contribution is 7.89. The number of benzene rings is 3. The SMILES string of the molecule is O=C1CN(Cc2ccccc2)S(=O)(=O)c2ccccc2N1Cc1ccc(Cl)cc1. The molecule has 5 nitrogen and oxygen atoms in total. The minimum absolute atomic E-state index is 0.135. The molecule has 3 aromatic rings. The molecule has 1 heterocycles. The van der Waals surface area contributed by atoms with Crippen molar-refractivity contribution in [2.45, 2.75) is 18.0 Å². The molecule has 0 aliphatic carbocycles. The van der Waals surface area contributed by atoms with Gasteiger partial charge in [-0.15, -0.1) is 0 Å². The summed E-state index contributed by atoms with van der Waals surface area (Å²) in [6.45, 7) is 0.180. The summed E-state index contributed by atoms with van der Waals surface area (Å²) < 4.78 is 27.9. The number of rotatable bonds is 4. The van der Waals surface area contributed by atoms with Crippen molar-refractivity contribution < 1.29 is 13.2 Å². The Labute approximate surface area is 175 Å². The number of nitrogens with zero attached hydrogens (tertiary/aromatic N) is 2. The summed E-state index contributed by atoms with van der Waals surface area (Å²) in [6, 6.07) is 23.1. The van der Waals surface area contributed by atoms with Crippen LogP contribution in [0, 0.1) is 0 Å². The first-order valence-electron chi connectivity index (χ1n) is 9.13. The van der Waals surface area contributed by atoms with Gasteiger partial charge in [0.05, 0.1) is 18.8 Å². The molecule has 0 aromatic heterocycles. The fourth-order valence-electron chi connectivity index (χ4n) is 3.37. The Morgan fingerprint density at radius 3 is 2.14 bits per heavy atom. The molecule has 148 valence electrons. The first-order valence-corrected chi connectivity index (χ1v) is 10.9. The summed E-state index contributed by atoms with van der Waals surface area (Å²) in [6.07, 6.45) is 0. The van der Waals surface area contributed by atoms with Gasteiger partial charge in [-0.2, -0.15) is 4.31 Å². The second-order valence-corrected chi connectivity index (χ2v) is 9.18. The third kappa shape index (κ3) is 4.05. The normalized spacial score (nSPS) is 16.3. The van der Waals surface area contributed by atoms with Gasteiger partial charge < -0.3 is 4.90 Å². The van der Waals surface area contributed by atoms with E-state index >= 15 is 0 Å². The highest BCUT2D eigenvalue weighted by atomic mass is 35.5. The lowest BCUT2D eigenvalue weighted by molar-refractivity contribution is -0.119. The number of sulfonamides is 1. The Hall–Kier alpha value is -2.67. The Morgan fingerprint density at radius 2 is 1.41 bits per heavy atom. The van der Waals surface area contributed by atoms with E-state index in [1.165, 1.54) is 9.21 Å². The van der Waals surface area contributed by atoms with Crippen molar-refractivity contribution >= 4 is 33.2 Å². The van der Waals surface area contributed by atoms with Crippen LogP contribution in [-0.4, -0.2) is 25.2 Å². The molecule has 0 atom stereocenters. The molecule has 0 fully saturated rings. The standard InChI is InChI=1S/C22H19ClN2O3S/c23-19-12-10-18(11-13-19)15-25-20-8-4-5-9-21(20)29(27,28)24(16-22(25)26)14-17-6-2-1-3-7-17/h1-13H,14-16H2. The molecular formula is C22H19ClN2O3S. The quantitative estimate of drug-likeness (QED) is 0.631. The van der Waals surface area contributed by atoms with Gasteiger partial charge in [0.25, 0.3) is 0 Å². The minimum atomic E-state index is -3.83. The number of halogens is 1. The number of carbonyl (C=O) groups excluding carboxylic acids is 1. The monoisotopic (exact) mass is 426 g/mol. The second-order valence-electron chi connectivity index (χ2n) is 6.83. The fourth-order valence-corrected chi connectivity index (χ4v) is 5.06. The molecule has 0 radical (unpaired) electrons. The van der Waals surface area contributed by atoms with Crippen LogP contribution in [-0.2, 0) is 27.9 Å². The smallest absolute Gasteiger partial charge is 0.245 e. The lowest BCUT2D eigenvalue weighted by Crippen LogP contribution is -2.38. The van der Waals surface area contributed by atoms with Crippen LogP contribution in [0.5, 0.6) is 0 Å². The number of carbonyl (C=O) groups is 1. The van der Waals surface area contributed by atoms with E-state index in [1.54, 1.807) is 36.4 Å². The first-order chi connectivity index (χ1) is 13.9. The van der Waals surface area contributed by atoms with Gasteiger partial charge in [0.15, 0.2) is 0 Å². The Bertz CT molecular complexity index is 1130. The summed E-state index contributed by atoms with van der Waals surface area (Å²) >= 11 is 5.96. The van der Waals surface area contributed by atoms with E-state index in [-0.39, 0.29) is 30.4 Å². The van der Waals surface area contributed by atoms with Gasteiger partial charge in [-0.1, -0.05) is 66.2 Å². The van der Waals surface area contributed by atoms with Crippen molar-refractivity contribution in [1.29, 1.82) is 0 Å². The van der Waals surface area contributed by atoms with Gasteiger partial charge in [-0.25, -0.2) is 8.42 Å². The lowest BCUT2D eigenvalue weighted by Gasteiger charge is -2.22. The first kappa shape index (κ1) is 19.6. The molecular weight excluding hydrogens is 408 g/mol. The van der Waals surface area contributed by atoms with Crippen molar-refractivity contribution in [3.05, 3.63) is 95.0 Å². The molecule has 1 aliphatic rings. The average molecular weight is 427 g/mol. The van der Waals surface area contributed by atoms with E-state index < -0.39 is 10.0 Å². The maximum Gasteiger partial charge on any atom is 0.245 e. The average Bonchev–Trinajstić information content (AvgIpc) is 2.80. The lowest BCUT2D eigenvalue weighted by atomic mass is 10.2. The molecule has 0 spiro atoms. The summed E-state index contributed by atoms with van der Waals surface area (Å²) in [4.78, 5) is 14.8. The van der Waals surface area contributed by atoms with E-state index in [2.05, 4.69) is 0 Å². The predicted molar refractivity (Wildman–Crippen MR) is 113 cm³/mol. The maximum absolute atomic E-state index is 13.3. The van der Waals surface area contributed by atoms with Crippen LogP contribution in [0.1, 0.15) is 11.1 Å². The minimum Gasteiger partial charge on any atom is -0.305 e. The van der Waals surface area contributed by atoms with E-state index in [1.807, 2.05) is 42.5 Å². The summed E-state index contributed by atoms with van der Waals surface area (Å²) in [7, 11) is -3.83. The molecule has 3 aromatic carbocycles. The molecule has 0 N–H and O–H groups in total. The van der Waals surface area contributed by atoms with Crippen LogP contribution in [0.15, 0.2) is 83.8 Å². The number of hydrogen-bond acceptors (Lipinski definition) is 3. The van der Waals surface area contributed by atoms with Crippen LogP contribution < -0.4 is 4.90 Å². The zero-order chi connectivity index (χ0) is 20.4. The summed E-state index contributed by atoms with van der Waals surface area (Å²) in [5.41, 5.74) is 2.09. The van der Waals surface area contributed by atoms with Crippen molar-refractivity contribution in [3.8, 4) is 0 Å². The van der Waals surface area contributed by atoms with Gasteiger partial charge in [0.1, 0.15) is 4.90 Å². The third-order valence-corrected chi connectivity index (χ3v) is 6.93. The number of hydrogen-bond donors (Lipinski definition) is 0. The molecule has 1 amide bonds. The fraction of sp³-hybridized carbons (Fsp3) is 0.136. The highest BCUT2D eigenvalue weighted by Gasteiger charge is 2.36. The van der Waals surface area contributed by atoms with E-state index in [4.69, 9.17) is 11.6 Å². The number of para-hydroxylation sites is 1. The molecule has 29 heavy (non-hydrogen) atoms. The Kier molecular flexibility index (Phi) is 5.41. The van der Waals surface area contributed by atoms with Crippen molar-refractivity contribution in [1.82, 2.24) is 4.31 Å². The summed E-state index contributed by atoms with van der Waals surface area (Å²) in [5.74, 6) is -0.274. The van der Waals surface area contributed by atoms with Crippen LogP contribution in [0.3, 0.4) is 0 Å². The topological polar surface area (TPSA) is 57.7 Å². The van der Waals surface area contributed by atoms with Crippen LogP contribution in [0.25, 0.3) is 0 Å². The van der Waals surface area contributed by atoms with Crippen molar-refractivity contribution in [3.63, 3.8) is 0 Å². The van der Waals surface area contributed by atoms with Gasteiger partial charge in [0, 0.05) is 11.6 Å². The molecule has 0 saturated heterocycles. The zero-order valence-corrected chi connectivity index (χ0v) is 17.1. The van der Waals surface area contributed by atoms with Crippen molar-refractivity contribution in [2.24, 2.45) is 0 Å². The zero-order valence-electron chi connectivity index (χ0n) is 15.5. The number of amides is 1. The molecule has 7 heteroatoms. The highest BCUT2D eigenvalue weighted by Crippen LogP contribution is 2.33. The maximum atomic E-state index is 13.3. The van der Waals surface area contributed by atoms with Gasteiger partial charge in [-0.05, 0) is 35.4 Å². The molecule has 0 unspecified atom stereocenters. The van der Waals surface area contributed by atoms with Crippen LogP contribution >= 0.6 is 11.6 Å². The van der Waals surface area contributed by atoms with E-state index in [0.717, 1.165) is 11.1 Å². The van der Waals surface area contributed by atoms with E-state index in [0.29, 0.717) is 10.7 Å². The molecule has 4 rings (SSSR count). The second kappa shape index (κ2) is 7.99. The van der Waals surface area contributed by atoms with Gasteiger partial charge >= 0.3 is 0 Å². The largest absolute Gasteiger partial charge is 0.305 e. The molecule has 0 bridgehead atoms. The number of fused-ring (bicyclic) bond motifs is 1. The molecule has 0 saturated carbocycles. The van der Waals surface area contributed by atoms with E-state index in [9.17, 15) is 13.2 Å². The molecule has 1 aliphatic heterocycles. The van der Waals surface area contributed by atoms with Gasteiger partial charge in [-0.3, -0.25) is 4.79 Å². The van der Waals surface area contributed by atoms with Crippen LogP contribution in [0.4, 0.5) is 5.69 Å².